The quantitative estimate of drug-likeness (QED) is 0.757. The summed E-state index contributed by atoms with van der Waals surface area (Å²) >= 11 is 0. The first-order valence-electron chi connectivity index (χ1n) is 8.21. The average Bonchev–Trinajstić information content (AvgIpc) is 2.53. The Bertz CT molecular complexity index is 430. The van der Waals surface area contributed by atoms with Crippen LogP contribution in [0.5, 0.6) is 5.75 Å². The second kappa shape index (κ2) is 8.13. The van der Waals surface area contributed by atoms with Gasteiger partial charge >= 0.3 is 0 Å². The lowest BCUT2D eigenvalue weighted by Crippen LogP contribution is -2.41. The van der Waals surface area contributed by atoms with Gasteiger partial charge in [0.1, 0.15) is 5.75 Å². The second-order valence-corrected chi connectivity index (χ2v) is 5.93. The van der Waals surface area contributed by atoms with Crippen LogP contribution in [0.15, 0.2) is 18.2 Å². The molecule has 2 rings (SSSR count). The van der Waals surface area contributed by atoms with Gasteiger partial charge in [0.2, 0.25) is 0 Å². The fraction of sp³-hybridized carbons (Fsp3) is 0.647. The molecule has 21 heavy (non-hydrogen) atoms. The van der Waals surface area contributed by atoms with E-state index in [1.54, 1.807) is 0 Å². The number of piperidine rings is 1. The highest BCUT2D eigenvalue weighted by atomic mass is 16.5. The van der Waals surface area contributed by atoms with E-state index in [4.69, 9.17) is 10.5 Å². The van der Waals surface area contributed by atoms with E-state index >= 15 is 0 Å². The van der Waals surface area contributed by atoms with Gasteiger partial charge in [0.05, 0.1) is 12.3 Å². The summed E-state index contributed by atoms with van der Waals surface area (Å²) in [5, 5.41) is 3.51. The molecule has 1 saturated heterocycles. The molecule has 1 aromatic rings. The van der Waals surface area contributed by atoms with Crippen LogP contribution in [0.2, 0.25) is 0 Å². The topological polar surface area (TPSA) is 50.5 Å². The molecule has 1 unspecified atom stereocenters. The molecular weight excluding hydrogens is 262 g/mol. The van der Waals surface area contributed by atoms with Crippen molar-refractivity contribution in [3.05, 3.63) is 18.2 Å². The molecule has 0 aliphatic carbocycles. The molecule has 118 valence electrons. The third-order valence-corrected chi connectivity index (χ3v) is 4.09. The van der Waals surface area contributed by atoms with Gasteiger partial charge in [-0.2, -0.15) is 0 Å². The molecule has 0 spiro atoms. The number of hydrogen-bond donors (Lipinski definition) is 2. The van der Waals surface area contributed by atoms with E-state index in [0.29, 0.717) is 18.3 Å². The van der Waals surface area contributed by atoms with Crippen LogP contribution in [0, 0.1) is 0 Å². The van der Waals surface area contributed by atoms with Crippen LogP contribution in [0.4, 0.5) is 11.4 Å². The average molecular weight is 291 g/mol. The molecule has 1 fully saturated rings. The number of hydrogen-bond acceptors (Lipinski definition) is 4. The van der Waals surface area contributed by atoms with Gasteiger partial charge in [-0.05, 0) is 51.4 Å². The van der Waals surface area contributed by atoms with E-state index in [0.717, 1.165) is 24.4 Å². The Kier molecular flexibility index (Phi) is 6.18. The van der Waals surface area contributed by atoms with Crippen molar-refractivity contribution in [2.75, 3.05) is 37.3 Å². The van der Waals surface area contributed by atoms with Crippen molar-refractivity contribution in [3.8, 4) is 5.75 Å². The Balaban J connectivity index is 1.87. The van der Waals surface area contributed by atoms with Crippen LogP contribution in [0.25, 0.3) is 0 Å². The summed E-state index contributed by atoms with van der Waals surface area (Å²) in [7, 11) is 0. The number of benzene rings is 1. The molecular formula is C17H29N3O. The molecule has 4 nitrogen and oxygen atoms in total. The third kappa shape index (κ3) is 4.81. The predicted molar refractivity (Wildman–Crippen MR) is 90.0 cm³/mol. The lowest BCUT2D eigenvalue weighted by atomic mass is 10.1. The fourth-order valence-corrected chi connectivity index (χ4v) is 2.74. The Labute approximate surface area is 128 Å². The lowest BCUT2D eigenvalue weighted by molar-refractivity contribution is 0.180. The molecule has 3 N–H and O–H groups in total. The van der Waals surface area contributed by atoms with Gasteiger partial charge in [-0.3, -0.25) is 4.90 Å². The normalized spacial score (nSPS) is 17.4. The van der Waals surface area contributed by atoms with Crippen molar-refractivity contribution < 1.29 is 4.74 Å². The van der Waals surface area contributed by atoms with Crippen molar-refractivity contribution in [3.63, 3.8) is 0 Å². The highest BCUT2D eigenvalue weighted by molar-refractivity contribution is 5.61. The molecule has 0 saturated carbocycles. The van der Waals surface area contributed by atoms with Gasteiger partial charge in [-0.15, -0.1) is 0 Å². The number of anilines is 2. The highest BCUT2D eigenvalue weighted by Crippen LogP contribution is 2.25. The standard InChI is InChI=1S/C17H29N3O/c1-3-11-21-17-12-15(7-8-16(17)18)19-13-14(2)20-9-5-4-6-10-20/h7-8,12,14,19H,3-6,9-11,13,18H2,1-2H3. The SMILES string of the molecule is CCCOc1cc(NCC(C)N2CCCCC2)ccc1N. The minimum Gasteiger partial charge on any atom is -0.491 e. The zero-order valence-electron chi connectivity index (χ0n) is 13.4. The first kappa shape index (κ1) is 16.0. The van der Waals surface area contributed by atoms with Crippen molar-refractivity contribution in [1.82, 2.24) is 4.90 Å². The van der Waals surface area contributed by atoms with E-state index in [1.807, 2.05) is 18.2 Å². The molecule has 0 amide bonds. The van der Waals surface area contributed by atoms with Gasteiger partial charge < -0.3 is 15.8 Å². The minimum atomic E-state index is 0.558. The van der Waals surface area contributed by atoms with Gasteiger partial charge in [-0.1, -0.05) is 13.3 Å². The lowest BCUT2D eigenvalue weighted by Gasteiger charge is -2.32. The van der Waals surface area contributed by atoms with Crippen molar-refractivity contribution in [2.24, 2.45) is 0 Å². The Hall–Kier alpha value is -1.42. The Morgan fingerprint density at radius 3 is 2.76 bits per heavy atom. The monoisotopic (exact) mass is 291 g/mol. The summed E-state index contributed by atoms with van der Waals surface area (Å²) in [5.74, 6) is 0.785. The number of ether oxygens (including phenoxy) is 1. The molecule has 0 aromatic heterocycles. The highest BCUT2D eigenvalue weighted by Gasteiger charge is 2.16. The first-order chi connectivity index (χ1) is 10.2. The van der Waals surface area contributed by atoms with E-state index in [-0.39, 0.29) is 0 Å². The van der Waals surface area contributed by atoms with Gasteiger partial charge in [-0.25, -0.2) is 0 Å². The maximum atomic E-state index is 5.94. The largest absolute Gasteiger partial charge is 0.491 e. The number of likely N-dealkylation sites (tertiary alicyclic amines) is 1. The fourth-order valence-electron chi connectivity index (χ4n) is 2.74. The van der Waals surface area contributed by atoms with Gasteiger partial charge in [0.15, 0.2) is 0 Å². The van der Waals surface area contributed by atoms with Crippen molar-refractivity contribution >= 4 is 11.4 Å². The molecule has 1 atom stereocenters. The smallest absolute Gasteiger partial charge is 0.144 e. The summed E-state index contributed by atoms with van der Waals surface area (Å²) < 4.78 is 5.67. The zero-order valence-corrected chi connectivity index (χ0v) is 13.4. The first-order valence-corrected chi connectivity index (χ1v) is 8.21. The predicted octanol–water partition coefficient (Wildman–Crippen LogP) is 3.34. The van der Waals surface area contributed by atoms with E-state index in [2.05, 4.69) is 24.1 Å². The van der Waals surface area contributed by atoms with Gasteiger partial charge in [0.25, 0.3) is 0 Å². The summed E-state index contributed by atoms with van der Waals surface area (Å²) in [4.78, 5) is 2.57. The summed E-state index contributed by atoms with van der Waals surface area (Å²) in [6.07, 6.45) is 5.04. The van der Waals surface area contributed by atoms with Crippen molar-refractivity contribution in [2.45, 2.75) is 45.6 Å². The molecule has 4 heteroatoms. The maximum Gasteiger partial charge on any atom is 0.144 e. The Morgan fingerprint density at radius 1 is 1.29 bits per heavy atom. The van der Waals surface area contributed by atoms with Crippen LogP contribution < -0.4 is 15.8 Å². The number of rotatable bonds is 7. The molecule has 1 heterocycles. The molecule has 1 aliphatic rings. The second-order valence-electron chi connectivity index (χ2n) is 5.93. The van der Waals surface area contributed by atoms with Crippen LogP contribution in [-0.4, -0.2) is 37.2 Å². The number of nitrogens with zero attached hydrogens (tertiary/aromatic N) is 1. The third-order valence-electron chi connectivity index (χ3n) is 4.09. The summed E-state index contributed by atoms with van der Waals surface area (Å²) in [6, 6.07) is 6.51. The molecule has 1 aromatic carbocycles. The van der Waals surface area contributed by atoms with Crippen LogP contribution in [0.3, 0.4) is 0 Å². The Morgan fingerprint density at radius 2 is 2.05 bits per heavy atom. The number of nitrogen functional groups attached to an aromatic ring is 1. The molecule has 0 bridgehead atoms. The zero-order chi connectivity index (χ0) is 15.1. The van der Waals surface area contributed by atoms with Crippen LogP contribution >= 0.6 is 0 Å². The number of nitrogens with two attached hydrogens (primary N) is 1. The van der Waals surface area contributed by atoms with Crippen LogP contribution in [-0.2, 0) is 0 Å². The van der Waals surface area contributed by atoms with Gasteiger partial charge in [0, 0.05) is 24.3 Å². The molecule has 0 radical (unpaired) electrons. The van der Waals surface area contributed by atoms with Crippen LogP contribution in [0.1, 0.15) is 39.5 Å². The summed E-state index contributed by atoms with van der Waals surface area (Å²) in [6.45, 7) is 8.52. The van der Waals surface area contributed by atoms with E-state index in [1.165, 1.54) is 32.4 Å². The van der Waals surface area contributed by atoms with E-state index in [9.17, 15) is 0 Å². The minimum absolute atomic E-state index is 0.558. The molecule has 1 aliphatic heterocycles. The number of nitrogens with one attached hydrogen (secondary N) is 1. The van der Waals surface area contributed by atoms with Crippen molar-refractivity contribution in [1.29, 1.82) is 0 Å². The van der Waals surface area contributed by atoms with E-state index < -0.39 is 0 Å². The summed E-state index contributed by atoms with van der Waals surface area (Å²) in [5.41, 5.74) is 7.73. The maximum absolute atomic E-state index is 5.94.